The van der Waals surface area contributed by atoms with E-state index in [4.69, 9.17) is 5.11 Å². The molecule has 0 rings (SSSR count). The molecule has 0 aliphatic carbocycles. The fraction of sp³-hybridized carbons (Fsp3) is 1.00. The second-order valence-electron chi connectivity index (χ2n) is 4.01. The van der Waals surface area contributed by atoms with Crippen molar-refractivity contribution in [2.75, 3.05) is 18.1 Å². The first-order valence-electron chi connectivity index (χ1n) is 5.65. The minimum absolute atomic E-state index is 0.115. The molecule has 104 valence electrons. The molecular weight excluding hydrogens is 257 g/mol. The van der Waals surface area contributed by atoms with Gasteiger partial charge in [0.05, 0.1) is 17.9 Å². The summed E-state index contributed by atoms with van der Waals surface area (Å²) in [6.07, 6.45) is -2.31. The summed E-state index contributed by atoms with van der Waals surface area (Å²) in [5.74, 6) is -0.991. The number of hydrogen-bond donors (Lipinski definition) is 1. The van der Waals surface area contributed by atoms with Crippen LogP contribution in [0.1, 0.15) is 38.5 Å². The molecule has 0 aromatic heterocycles. The highest BCUT2D eigenvalue weighted by Crippen LogP contribution is 2.20. The second kappa shape index (κ2) is 7.92. The van der Waals surface area contributed by atoms with Crippen molar-refractivity contribution in [2.45, 2.75) is 44.7 Å². The first-order chi connectivity index (χ1) is 7.77. The van der Waals surface area contributed by atoms with E-state index in [1.807, 2.05) is 0 Å². The molecule has 17 heavy (non-hydrogen) atoms. The van der Waals surface area contributed by atoms with E-state index in [0.717, 1.165) is 12.8 Å². The van der Waals surface area contributed by atoms with Gasteiger partial charge in [-0.15, -0.1) is 0 Å². The lowest BCUT2D eigenvalue weighted by Gasteiger charge is -2.07. The number of rotatable bonds is 9. The number of aliphatic hydroxyl groups excluding tert-OH is 1. The summed E-state index contributed by atoms with van der Waals surface area (Å²) in [7, 11) is -3.58. The summed E-state index contributed by atoms with van der Waals surface area (Å²) in [5.41, 5.74) is 0. The molecule has 3 nitrogen and oxygen atoms in total. The zero-order valence-electron chi connectivity index (χ0n) is 9.67. The molecule has 0 aliphatic heterocycles. The lowest BCUT2D eigenvalue weighted by atomic mass is 10.2. The Hall–Kier alpha value is -0.300. The van der Waals surface area contributed by atoms with E-state index in [-0.39, 0.29) is 12.4 Å². The van der Waals surface area contributed by atoms with Gasteiger partial charge < -0.3 is 5.11 Å². The summed E-state index contributed by atoms with van der Waals surface area (Å²) in [6, 6.07) is 0. The van der Waals surface area contributed by atoms with Gasteiger partial charge in [0, 0.05) is 6.61 Å². The monoisotopic (exact) mass is 276 g/mol. The maximum absolute atomic E-state index is 11.8. The van der Waals surface area contributed by atoms with Crippen molar-refractivity contribution < 1.29 is 26.7 Å². The van der Waals surface area contributed by atoms with Gasteiger partial charge in [-0.3, -0.25) is 0 Å². The maximum Gasteiger partial charge on any atom is 0.390 e. The van der Waals surface area contributed by atoms with Crippen molar-refractivity contribution in [3.05, 3.63) is 0 Å². The van der Waals surface area contributed by atoms with Crippen LogP contribution >= 0.6 is 0 Å². The van der Waals surface area contributed by atoms with E-state index in [1.165, 1.54) is 0 Å². The van der Waals surface area contributed by atoms with Gasteiger partial charge in [0.1, 0.15) is 0 Å². The van der Waals surface area contributed by atoms with Gasteiger partial charge in [0.2, 0.25) is 0 Å². The van der Waals surface area contributed by atoms with Crippen LogP contribution in [-0.2, 0) is 9.84 Å². The minimum Gasteiger partial charge on any atom is -0.396 e. The summed E-state index contributed by atoms with van der Waals surface area (Å²) < 4.78 is 57.9. The third-order valence-electron chi connectivity index (χ3n) is 2.31. The standard InChI is InChI=1S/C10H19F3O3S/c11-10(12,13)6-9-17(15,16)8-5-3-1-2-4-7-14/h14H,1-9H2. The molecule has 0 aromatic rings. The van der Waals surface area contributed by atoms with E-state index in [2.05, 4.69) is 0 Å². The third-order valence-corrected chi connectivity index (χ3v) is 4.05. The van der Waals surface area contributed by atoms with Gasteiger partial charge in [0.15, 0.2) is 9.84 Å². The Balaban J connectivity index is 3.65. The Morgan fingerprint density at radius 1 is 0.882 bits per heavy atom. The number of sulfone groups is 1. The van der Waals surface area contributed by atoms with Crippen LogP contribution < -0.4 is 0 Å². The van der Waals surface area contributed by atoms with E-state index >= 15 is 0 Å². The maximum atomic E-state index is 11.8. The van der Waals surface area contributed by atoms with Crippen LogP contribution in [0.5, 0.6) is 0 Å². The molecule has 7 heteroatoms. The van der Waals surface area contributed by atoms with Crippen LogP contribution in [0.4, 0.5) is 13.2 Å². The smallest absolute Gasteiger partial charge is 0.390 e. The second-order valence-corrected chi connectivity index (χ2v) is 6.31. The molecule has 0 amide bonds. The van der Waals surface area contributed by atoms with Crippen molar-refractivity contribution in [3.63, 3.8) is 0 Å². The minimum atomic E-state index is -4.41. The number of unbranched alkanes of at least 4 members (excludes halogenated alkanes) is 4. The van der Waals surface area contributed by atoms with E-state index in [0.29, 0.717) is 19.3 Å². The van der Waals surface area contributed by atoms with E-state index in [1.54, 1.807) is 0 Å². The molecule has 0 bridgehead atoms. The molecular formula is C10H19F3O3S. The molecule has 1 N–H and O–H groups in total. The van der Waals surface area contributed by atoms with E-state index in [9.17, 15) is 21.6 Å². The highest BCUT2D eigenvalue weighted by Gasteiger charge is 2.29. The predicted molar refractivity (Wildman–Crippen MR) is 59.5 cm³/mol. The SMILES string of the molecule is O=S(=O)(CCCCCCCO)CCC(F)(F)F. The largest absolute Gasteiger partial charge is 0.396 e. The lowest BCUT2D eigenvalue weighted by Crippen LogP contribution is -2.18. The average Bonchev–Trinajstić information content (AvgIpc) is 2.20. The number of alkyl halides is 3. The summed E-state index contributed by atoms with van der Waals surface area (Å²) >= 11 is 0. The summed E-state index contributed by atoms with van der Waals surface area (Å²) in [4.78, 5) is 0. The van der Waals surface area contributed by atoms with Crippen LogP contribution in [0.25, 0.3) is 0 Å². The normalized spacial score (nSPS) is 12.9. The van der Waals surface area contributed by atoms with Gasteiger partial charge >= 0.3 is 6.18 Å². The number of hydrogen-bond acceptors (Lipinski definition) is 3. The lowest BCUT2D eigenvalue weighted by molar-refractivity contribution is -0.129. The van der Waals surface area contributed by atoms with Gasteiger partial charge in [-0.25, -0.2) is 8.42 Å². The third kappa shape index (κ3) is 12.0. The summed E-state index contributed by atoms with van der Waals surface area (Å²) in [6.45, 7) is 0.115. The van der Waals surface area contributed by atoms with Gasteiger partial charge in [0.25, 0.3) is 0 Å². The fourth-order valence-electron chi connectivity index (χ4n) is 1.34. The highest BCUT2D eigenvalue weighted by molar-refractivity contribution is 7.91. The van der Waals surface area contributed by atoms with Crippen LogP contribution in [-0.4, -0.2) is 37.8 Å². The van der Waals surface area contributed by atoms with Crippen molar-refractivity contribution in [1.29, 1.82) is 0 Å². The van der Waals surface area contributed by atoms with Crippen LogP contribution in [0.15, 0.2) is 0 Å². The molecule has 0 spiro atoms. The van der Waals surface area contributed by atoms with Crippen molar-refractivity contribution in [1.82, 2.24) is 0 Å². The molecule has 0 saturated heterocycles. The van der Waals surface area contributed by atoms with Gasteiger partial charge in [-0.05, 0) is 12.8 Å². The molecule has 0 fully saturated rings. The molecule has 0 aromatic carbocycles. The van der Waals surface area contributed by atoms with Crippen molar-refractivity contribution >= 4 is 9.84 Å². The average molecular weight is 276 g/mol. The van der Waals surface area contributed by atoms with Gasteiger partial charge in [-0.2, -0.15) is 13.2 Å². The van der Waals surface area contributed by atoms with Crippen LogP contribution in [0.3, 0.4) is 0 Å². The molecule has 0 unspecified atom stereocenters. The number of halogens is 3. The first-order valence-corrected chi connectivity index (χ1v) is 7.47. The topological polar surface area (TPSA) is 54.4 Å². The number of aliphatic hydroxyl groups is 1. The van der Waals surface area contributed by atoms with Crippen molar-refractivity contribution in [3.8, 4) is 0 Å². The zero-order valence-corrected chi connectivity index (χ0v) is 10.5. The van der Waals surface area contributed by atoms with Crippen LogP contribution in [0, 0.1) is 0 Å². The molecule has 0 heterocycles. The molecule has 0 radical (unpaired) electrons. The van der Waals surface area contributed by atoms with E-state index < -0.39 is 28.2 Å². The Morgan fingerprint density at radius 3 is 1.94 bits per heavy atom. The first kappa shape index (κ1) is 16.7. The Kier molecular flexibility index (Phi) is 7.78. The Morgan fingerprint density at radius 2 is 1.41 bits per heavy atom. The fourth-order valence-corrected chi connectivity index (χ4v) is 2.73. The summed E-state index contributed by atoms with van der Waals surface area (Å²) in [5, 5.41) is 8.50. The van der Waals surface area contributed by atoms with Gasteiger partial charge in [-0.1, -0.05) is 19.3 Å². The molecule has 0 atom stereocenters. The predicted octanol–water partition coefficient (Wildman–Crippen LogP) is 2.30. The molecule has 0 saturated carbocycles. The zero-order chi connectivity index (χ0) is 13.4. The Bertz CT molecular complexity index is 286. The van der Waals surface area contributed by atoms with Crippen LogP contribution in [0.2, 0.25) is 0 Å². The Labute approximate surface area is 99.9 Å². The van der Waals surface area contributed by atoms with Crippen molar-refractivity contribution in [2.24, 2.45) is 0 Å². The quantitative estimate of drug-likeness (QED) is 0.657. The highest BCUT2D eigenvalue weighted by atomic mass is 32.2. The molecule has 0 aliphatic rings.